The van der Waals surface area contributed by atoms with E-state index in [0.29, 0.717) is 17.8 Å². The summed E-state index contributed by atoms with van der Waals surface area (Å²) in [5.41, 5.74) is 0.793. The van der Waals surface area contributed by atoms with Gasteiger partial charge < -0.3 is 24.9 Å². The molecule has 1 atom stereocenters. The largest absolute Gasteiger partial charge is 0.481 e. The van der Waals surface area contributed by atoms with Crippen LogP contribution >= 0.6 is 0 Å². The predicted octanol–water partition coefficient (Wildman–Crippen LogP) is 2.30. The zero-order valence-electron chi connectivity index (χ0n) is 19.3. The van der Waals surface area contributed by atoms with Gasteiger partial charge in [-0.2, -0.15) is 14.6 Å². The summed E-state index contributed by atoms with van der Waals surface area (Å²) in [6, 6.07) is 7.14. The highest BCUT2D eigenvalue weighted by Gasteiger charge is 2.27. The van der Waals surface area contributed by atoms with Gasteiger partial charge >= 0.3 is 11.8 Å². The summed E-state index contributed by atoms with van der Waals surface area (Å²) in [6.07, 6.45) is 0.327. The first kappa shape index (κ1) is 25.4. The third-order valence-electron chi connectivity index (χ3n) is 4.83. The molecule has 3 rings (SSSR count). The summed E-state index contributed by atoms with van der Waals surface area (Å²) < 4.78 is 39.1. The molecule has 2 heterocycles. The van der Waals surface area contributed by atoms with Gasteiger partial charge in [0.1, 0.15) is 0 Å². The number of methoxy groups -OCH3 is 2. The number of nitrogens with one attached hydrogen (secondary N) is 2. The van der Waals surface area contributed by atoms with E-state index < -0.39 is 26.9 Å². The van der Waals surface area contributed by atoms with Gasteiger partial charge in [0.2, 0.25) is 5.88 Å². The summed E-state index contributed by atoms with van der Waals surface area (Å²) in [5.74, 6) is -0.756. The molecular formula is C20H23N7O7S. The normalized spacial score (nSPS) is 12.0. The standard InChI is InChI=1S/C20H23N7O7S/c1-5-15(26-12(2)10-17(24-26)27(29)30)19(28)21-13-6-8-14(9-7-13)35(31,32)25-16-11-18(33-3)23-20(22-16)34-4/h6-11,15H,5H2,1-4H3,(H,21,28)(H,22,23,25). The molecule has 14 nitrogen and oxygen atoms in total. The van der Waals surface area contributed by atoms with Crippen LogP contribution in [0, 0.1) is 17.0 Å². The van der Waals surface area contributed by atoms with Crippen LogP contribution in [0.15, 0.2) is 41.3 Å². The summed E-state index contributed by atoms with van der Waals surface area (Å²) in [7, 11) is -1.33. The third-order valence-corrected chi connectivity index (χ3v) is 6.20. The molecule has 0 radical (unpaired) electrons. The van der Waals surface area contributed by atoms with E-state index in [0.717, 1.165) is 0 Å². The average Bonchev–Trinajstić information content (AvgIpc) is 3.21. The van der Waals surface area contributed by atoms with Crippen molar-refractivity contribution in [2.75, 3.05) is 24.3 Å². The van der Waals surface area contributed by atoms with E-state index in [4.69, 9.17) is 9.47 Å². The molecule has 186 valence electrons. The summed E-state index contributed by atoms with van der Waals surface area (Å²) in [6.45, 7) is 3.36. The lowest BCUT2D eigenvalue weighted by atomic mass is 10.2. The fourth-order valence-corrected chi connectivity index (χ4v) is 4.13. The lowest BCUT2D eigenvalue weighted by molar-refractivity contribution is -0.389. The van der Waals surface area contributed by atoms with E-state index >= 15 is 0 Å². The lowest BCUT2D eigenvalue weighted by Gasteiger charge is -2.14. The Morgan fingerprint density at radius 3 is 2.40 bits per heavy atom. The van der Waals surface area contributed by atoms with E-state index in [1.54, 1.807) is 13.8 Å². The third kappa shape index (κ3) is 5.81. The molecule has 0 saturated carbocycles. The molecule has 1 unspecified atom stereocenters. The van der Waals surface area contributed by atoms with Crippen molar-refractivity contribution in [3.63, 3.8) is 0 Å². The second-order valence-corrected chi connectivity index (χ2v) is 8.85. The van der Waals surface area contributed by atoms with E-state index in [1.807, 2.05) is 0 Å². The Hall–Kier alpha value is -4.27. The van der Waals surface area contributed by atoms with Crippen molar-refractivity contribution >= 4 is 33.3 Å². The number of hydrogen-bond donors (Lipinski definition) is 2. The molecule has 0 bridgehead atoms. The second kappa shape index (κ2) is 10.3. The Kier molecular flexibility index (Phi) is 7.49. The zero-order chi connectivity index (χ0) is 25.8. The van der Waals surface area contributed by atoms with E-state index in [9.17, 15) is 23.3 Å². The smallest absolute Gasteiger partial charge is 0.390 e. The molecule has 1 aromatic carbocycles. The van der Waals surface area contributed by atoms with Gasteiger partial charge in [-0.1, -0.05) is 6.92 Å². The quantitative estimate of drug-likeness (QED) is 0.306. The summed E-state index contributed by atoms with van der Waals surface area (Å²) in [5, 5.41) is 17.6. The fraction of sp³-hybridized carbons (Fsp3) is 0.300. The number of carbonyl (C=O) groups is 1. The molecule has 1 amide bonds. The minimum atomic E-state index is -4.03. The first-order chi connectivity index (χ1) is 16.6. The van der Waals surface area contributed by atoms with E-state index in [-0.39, 0.29) is 28.4 Å². The second-order valence-electron chi connectivity index (χ2n) is 7.17. The Morgan fingerprint density at radius 2 is 1.86 bits per heavy atom. The maximum absolute atomic E-state index is 12.8. The van der Waals surface area contributed by atoms with Crippen LogP contribution in [0.3, 0.4) is 0 Å². The number of aromatic nitrogens is 4. The number of anilines is 2. The molecule has 0 spiro atoms. The van der Waals surface area contributed by atoms with Gasteiger partial charge in [-0.05, 0) is 42.5 Å². The van der Waals surface area contributed by atoms with Crippen LogP contribution in [-0.4, -0.2) is 53.2 Å². The summed E-state index contributed by atoms with van der Waals surface area (Å²) in [4.78, 5) is 30.9. The molecule has 0 saturated heterocycles. The van der Waals surface area contributed by atoms with Crippen molar-refractivity contribution in [2.45, 2.75) is 31.2 Å². The van der Waals surface area contributed by atoms with Crippen molar-refractivity contribution in [1.82, 2.24) is 19.7 Å². The summed E-state index contributed by atoms with van der Waals surface area (Å²) >= 11 is 0. The SMILES string of the molecule is CCC(C(=O)Nc1ccc(S(=O)(=O)Nc2cc(OC)nc(OC)n2)cc1)n1nc([N+](=O)[O-])cc1C. The van der Waals surface area contributed by atoms with Gasteiger partial charge in [0, 0.05) is 11.8 Å². The molecule has 0 aliphatic carbocycles. The number of rotatable bonds is 10. The Balaban J connectivity index is 1.76. The van der Waals surface area contributed by atoms with Gasteiger partial charge in [0.15, 0.2) is 11.9 Å². The lowest BCUT2D eigenvalue weighted by Crippen LogP contribution is -2.27. The predicted molar refractivity (Wildman–Crippen MR) is 124 cm³/mol. The average molecular weight is 506 g/mol. The van der Waals surface area contributed by atoms with Gasteiger partial charge in [-0.25, -0.2) is 8.42 Å². The van der Waals surface area contributed by atoms with Crippen LogP contribution in [0.2, 0.25) is 0 Å². The topological polar surface area (TPSA) is 180 Å². The monoisotopic (exact) mass is 505 g/mol. The molecule has 15 heteroatoms. The van der Waals surface area contributed by atoms with Crippen molar-refractivity contribution in [3.8, 4) is 11.9 Å². The molecular weight excluding hydrogens is 482 g/mol. The van der Waals surface area contributed by atoms with Crippen LogP contribution in [0.5, 0.6) is 11.9 Å². The fourth-order valence-electron chi connectivity index (χ4n) is 3.14. The van der Waals surface area contributed by atoms with Crippen molar-refractivity contribution < 1.29 is 27.6 Å². The molecule has 3 aromatic rings. The van der Waals surface area contributed by atoms with Crippen molar-refractivity contribution in [1.29, 1.82) is 0 Å². The highest BCUT2D eigenvalue weighted by Crippen LogP contribution is 2.23. The van der Waals surface area contributed by atoms with Gasteiger partial charge in [-0.3, -0.25) is 9.52 Å². The van der Waals surface area contributed by atoms with Gasteiger partial charge in [0.25, 0.3) is 15.9 Å². The number of aryl methyl sites for hydroxylation is 1. The number of ether oxygens (including phenoxy) is 2. The molecule has 0 aliphatic heterocycles. The Morgan fingerprint density at radius 1 is 1.17 bits per heavy atom. The van der Waals surface area contributed by atoms with Gasteiger partial charge in [0.05, 0.1) is 36.0 Å². The first-order valence-corrected chi connectivity index (χ1v) is 11.7. The molecule has 0 fully saturated rings. The van der Waals surface area contributed by atoms with Crippen LogP contribution in [0.25, 0.3) is 0 Å². The van der Waals surface area contributed by atoms with E-state index in [1.165, 1.54) is 55.3 Å². The molecule has 2 aromatic heterocycles. The number of nitrogens with zero attached hydrogens (tertiary/aromatic N) is 5. The van der Waals surface area contributed by atoms with Crippen LogP contribution in [0.1, 0.15) is 25.1 Å². The maximum atomic E-state index is 12.8. The molecule has 0 aliphatic rings. The first-order valence-electron chi connectivity index (χ1n) is 10.2. The highest BCUT2D eigenvalue weighted by atomic mass is 32.2. The zero-order valence-corrected chi connectivity index (χ0v) is 20.1. The Bertz CT molecular complexity index is 1320. The number of amides is 1. The number of benzene rings is 1. The number of hydrogen-bond acceptors (Lipinski definition) is 10. The van der Waals surface area contributed by atoms with Crippen molar-refractivity contribution in [2.24, 2.45) is 0 Å². The minimum absolute atomic E-state index is 0.0550. The van der Waals surface area contributed by atoms with Crippen molar-refractivity contribution in [3.05, 3.63) is 52.2 Å². The Labute approximate surface area is 200 Å². The highest BCUT2D eigenvalue weighted by molar-refractivity contribution is 7.92. The van der Waals surface area contributed by atoms with Gasteiger partial charge in [-0.15, -0.1) is 0 Å². The van der Waals surface area contributed by atoms with E-state index in [2.05, 4.69) is 25.1 Å². The van der Waals surface area contributed by atoms with Crippen LogP contribution in [0.4, 0.5) is 17.3 Å². The van der Waals surface area contributed by atoms with Crippen LogP contribution < -0.4 is 19.5 Å². The molecule has 2 N–H and O–H groups in total. The van der Waals surface area contributed by atoms with Crippen LogP contribution in [-0.2, 0) is 14.8 Å². The minimum Gasteiger partial charge on any atom is -0.481 e. The molecule has 35 heavy (non-hydrogen) atoms. The maximum Gasteiger partial charge on any atom is 0.390 e. The number of sulfonamides is 1. The number of carbonyl (C=O) groups excluding carboxylic acids is 1. The number of nitro groups is 1.